The van der Waals surface area contributed by atoms with Crippen LogP contribution in [0.3, 0.4) is 0 Å². The van der Waals surface area contributed by atoms with Gasteiger partial charge in [-0.25, -0.2) is 8.42 Å². The molecule has 1 saturated heterocycles. The first-order chi connectivity index (χ1) is 7.50. The highest BCUT2D eigenvalue weighted by molar-refractivity contribution is 7.89. The molecule has 1 aromatic heterocycles. The average molecular weight is 243 g/mol. The average Bonchev–Trinajstić information content (AvgIpc) is 2.65. The predicted octanol–water partition coefficient (Wildman–Crippen LogP) is 0.00750. The lowest BCUT2D eigenvalue weighted by Gasteiger charge is -2.30. The lowest BCUT2D eigenvalue weighted by molar-refractivity contribution is 0.310. The zero-order valence-corrected chi connectivity index (χ0v) is 10.4. The summed E-state index contributed by atoms with van der Waals surface area (Å²) in [5, 5.41) is 3.23. The number of sulfonamides is 1. The number of aryl methyl sites for hydroxylation is 1. The molecule has 2 rings (SSSR count). The van der Waals surface area contributed by atoms with Crippen molar-refractivity contribution in [3.05, 3.63) is 18.5 Å². The summed E-state index contributed by atoms with van der Waals surface area (Å²) in [4.78, 5) is 0.379. The van der Waals surface area contributed by atoms with Gasteiger partial charge in [-0.05, 0) is 13.0 Å². The Kier molecular flexibility index (Phi) is 3.05. The highest BCUT2D eigenvalue weighted by Crippen LogP contribution is 2.17. The van der Waals surface area contributed by atoms with Gasteiger partial charge in [-0.15, -0.1) is 0 Å². The fourth-order valence-electron chi connectivity index (χ4n) is 1.89. The van der Waals surface area contributed by atoms with Crippen molar-refractivity contribution < 1.29 is 8.42 Å². The van der Waals surface area contributed by atoms with E-state index >= 15 is 0 Å². The van der Waals surface area contributed by atoms with E-state index in [1.165, 1.54) is 0 Å². The van der Waals surface area contributed by atoms with Gasteiger partial charge in [-0.1, -0.05) is 0 Å². The van der Waals surface area contributed by atoms with E-state index in [1.807, 2.05) is 14.0 Å². The Hall–Kier alpha value is -0.850. The molecule has 16 heavy (non-hydrogen) atoms. The standard InChI is InChI=1S/C10H17N3O2S/c1-9-7-13(6-4-11-9)16(14,15)10-3-5-12(2)8-10/h3,5,8-9,11H,4,6-7H2,1-2H3. The predicted molar refractivity (Wildman–Crippen MR) is 61.6 cm³/mol. The van der Waals surface area contributed by atoms with Crippen molar-refractivity contribution in [2.24, 2.45) is 7.05 Å². The minimum absolute atomic E-state index is 0.215. The van der Waals surface area contributed by atoms with Crippen LogP contribution in [0.2, 0.25) is 0 Å². The Bertz CT molecular complexity index is 466. The maximum atomic E-state index is 12.2. The lowest BCUT2D eigenvalue weighted by atomic mass is 10.3. The summed E-state index contributed by atoms with van der Waals surface area (Å²) in [5.74, 6) is 0. The lowest BCUT2D eigenvalue weighted by Crippen LogP contribution is -2.51. The summed E-state index contributed by atoms with van der Waals surface area (Å²) in [7, 11) is -1.48. The normalized spacial score (nSPS) is 23.5. The quantitative estimate of drug-likeness (QED) is 0.796. The molecular weight excluding hydrogens is 226 g/mol. The SMILES string of the molecule is CC1CN(S(=O)(=O)c2ccn(C)c2)CCN1. The molecule has 1 aliphatic rings. The highest BCUT2D eigenvalue weighted by Gasteiger charge is 2.28. The molecule has 1 N–H and O–H groups in total. The van der Waals surface area contributed by atoms with Gasteiger partial charge >= 0.3 is 0 Å². The van der Waals surface area contributed by atoms with E-state index in [0.717, 1.165) is 0 Å². The summed E-state index contributed by atoms with van der Waals surface area (Å²) in [6, 6.07) is 1.86. The second kappa shape index (κ2) is 4.20. The Morgan fingerprint density at radius 1 is 1.50 bits per heavy atom. The molecule has 6 heteroatoms. The monoisotopic (exact) mass is 243 g/mol. The van der Waals surface area contributed by atoms with E-state index in [9.17, 15) is 8.42 Å². The molecule has 2 heterocycles. The number of rotatable bonds is 2. The third kappa shape index (κ3) is 2.14. The van der Waals surface area contributed by atoms with Crippen molar-refractivity contribution >= 4 is 10.0 Å². The topological polar surface area (TPSA) is 54.3 Å². The Balaban J connectivity index is 2.25. The van der Waals surface area contributed by atoms with Gasteiger partial charge in [0.25, 0.3) is 0 Å². The summed E-state index contributed by atoms with van der Waals surface area (Å²) >= 11 is 0. The Morgan fingerprint density at radius 2 is 2.25 bits per heavy atom. The third-order valence-electron chi connectivity index (χ3n) is 2.77. The van der Waals surface area contributed by atoms with Crippen LogP contribution in [0, 0.1) is 0 Å². The van der Waals surface area contributed by atoms with E-state index in [0.29, 0.717) is 24.5 Å². The fourth-order valence-corrected chi connectivity index (χ4v) is 3.48. The molecule has 5 nitrogen and oxygen atoms in total. The van der Waals surface area contributed by atoms with Crippen LogP contribution in [-0.2, 0) is 17.1 Å². The van der Waals surface area contributed by atoms with Crippen LogP contribution in [0.15, 0.2) is 23.4 Å². The first-order valence-corrected chi connectivity index (χ1v) is 6.79. The Morgan fingerprint density at radius 3 is 2.81 bits per heavy atom. The number of nitrogens with zero attached hydrogens (tertiary/aromatic N) is 2. The number of hydrogen-bond donors (Lipinski definition) is 1. The van der Waals surface area contributed by atoms with E-state index in [-0.39, 0.29) is 6.04 Å². The van der Waals surface area contributed by atoms with Crippen molar-refractivity contribution in [1.29, 1.82) is 0 Å². The number of hydrogen-bond acceptors (Lipinski definition) is 3. The van der Waals surface area contributed by atoms with Gasteiger partial charge in [0.1, 0.15) is 0 Å². The number of nitrogens with one attached hydrogen (secondary N) is 1. The van der Waals surface area contributed by atoms with Crippen LogP contribution in [0.4, 0.5) is 0 Å². The number of piperazine rings is 1. The molecule has 1 aromatic rings. The van der Waals surface area contributed by atoms with Crippen molar-refractivity contribution in [1.82, 2.24) is 14.2 Å². The molecular formula is C10H17N3O2S. The molecule has 0 aliphatic carbocycles. The maximum absolute atomic E-state index is 12.2. The first kappa shape index (κ1) is 11.6. The molecule has 0 bridgehead atoms. The van der Waals surface area contributed by atoms with Gasteiger partial charge in [0.15, 0.2) is 0 Å². The van der Waals surface area contributed by atoms with E-state index in [4.69, 9.17) is 0 Å². The van der Waals surface area contributed by atoms with E-state index < -0.39 is 10.0 Å². The summed E-state index contributed by atoms with van der Waals surface area (Å²) in [6.45, 7) is 3.79. The third-order valence-corrected chi connectivity index (χ3v) is 4.62. The molecule has 1 aliphatic heterocycles. The van der Waals surface area contributed by atoms with Crippen LogP contribution >= 0.6 is 0 Å². The molecule has 0 aromatic carbocycles. The molecule has 0 amide bonds. The van der Waals surface area contributed by atoms with Crippen LogP contribution in [0.5, 0.6) is 0 Å². The van der Waals surface area contributed by atoms with Crippen molar-refractivity contribution in [3.63, 3.8) is 0 Å². The van der Waals surface area contributed by atoms with Crippen molar-refractivity contribution in [2.45, 2.75) is 17.9 Å². The van der Waals surface area contributed by atoms with Crippen LogP contribution < -0.4 is 5.32 Å². The zero-order chi connectivity index (χ0) is 11.8. The van der Waals surface area contributed by atoms with Gasteiger partial charge in [0.05, 0.1) is 4.90 Å². The minimum Gasteiger partial charge on any atom is -0.356 e. The molecule has 90 valence electrons. The minimum atomic E-state index is -3.30. The molecule has 1 fully saturated rings. The summed E-state index contributed by atoms with van der Waals surface area (Å²) < 4.78 is 27.8. The maximum Gasteiger partial charge on any atom is 0.244 e. The van der Waals surface area contributed by atoms with Crippen molar-refractivity contribution in [2.75, 3.05) is 19.6 Å². The second-order valence-electron chi connectivity index (χ2n) is 4.23. The molecule has 0 spiro atoms. The van der Waals surface area contributed by atoms with Gasteiger partial charge in [0.2, 0.25) is 10.0 Å². The number of aromatic nitrogens is 1. The van der Waals surface area contributed by atoms with E-state index in [1.54, 1.807) is 27.3 Å². The van der Waals surface area contributed by atoms with Gasteiger partial charge < -0.3 is 9.88 Å². The molecule has 1 atom stereocenters. The smallest absolute Gasteiger partial charge is 0.244 e. The van der Waals surface area contributed by atoms with Crippen LogP contribution in [0.25, 0.3) is 0 Å². The summed E-state index contributed by atoms with van der Waals surface area (Å²) in [6.07, 6.45) is 3.39. The van der Waals surface area contributed by atoms with Gasteiger partial charge in [0, 0.05) is 45.1 Å². The highest BCUT2D eigenvalue weighted by atomic mass is 32.2. The summed E-state index contributed by atoms with van der Waals surface area (Å²) in [5.41, 5.74) is 0. The Labute approximate surface area is 96.1 Å². The van der Waals surface area contributed by atoms with E-state index in [2.05, 4.69) is 5.32 Å². The van der Waals surface area contributed by atoms with Gasteiger partial charge in [-0.3, -0.25) is 0 Å². The van der Waals surface area contributed by atoms with Crippen LogP contribution in [0.1, 0.15) is 6.92 Å². The van der Waals surface area contributed by atoms with Crippen molar-refractivity contribution in [3.8, 4) is 0 Å². The van der Waals surface area contributed by atoms with Crippen LogP contribution in [-0.4, -0.2) is 43.0 Å². The largest absolute Gasteiger partial charge is 0.356 e. The molecule has 0 saturated carbocycles. The fraction of sp³-hybridized carbons (Fsp3) is 0.600. The first-order valence-electron chi connectivity index (χ1n) is 5.35. The second-order valence-corrected chi connectivity index (χ2v) is 6.17. The zero-order valence-electron chi connectivity index (χ0n) is 9.55. The molecule has 0 radical (unpaired) electrons. The molecule has 1 unspecified atom stereocenters. The van der Waals surface area contributed by atoms with Gasteiger partial charge in [-0.2, -0.15) is 4.31 Å².